The van der Waals surface area contributed by atoms with Crippen molar-refractivity contribution in [2.75, 3.05) is 25.2 Å². The maximum absolute atomic E-state index is 13.0. The lowest BCUT2D eigenvalue weighted by molar-refractivity contribution is -0.137. The number of anilines is 1. The van der Waals surface area contributed by atoms with Gasteiger partial charge in [0.15, 0.2) is 15.2 Å². The van der Waals surface area contributed by atoms with E-state index in [1.807, 2.05) is 11.8 Å². The van der Waals surface area contributed by atoms with Gasteiger partial charge in [0.1, 0.15) is 6.10 Å². The number of methoxy groups -OCH3 is 1. The molecule has 10 heteroatoms. The Morgan fingerprint density at radius 1 is 1.44 bits per heavy atom. The van der Waals surface area contributed by atoms with Crippen LogP contribution < -0.4 is 4.90 Å². The summed E-state index contributed by atoms with van der Waals surface area (Å²) in [6.45, 7) is 2.48. The van der Waals surface area contributed by atoms with Gasteiger partial charge in [0, 0.05) is 0 Å². The molecule has 1 aromatic carbocycles. The molecule has 3 rings (SSSR count). The molecule has 5 nitrogen and oxygen atoms in total. The van der Waals surface area contributed by atoms with E-state index in [0.717, 1.165) is 23.5 Å². The summed E-state index contributed by atoms with van der Waals surface area (Å²) in [6, 6.07) is 4.99. The van der Waals surface area contributed by atoms with E-state index in [1.54, 1.807) is 6.07 Å². The fourth-order valence-corrected chi connectivity index (χ4v) is 4.08. The van der Waals surface area contributed by atoms with Crippen LogP contribution in [0.2, 0.25) is 5.15 Å². The Bertz CT molecular complexity index is 843. The molecule has 0 saturated carbocycles. The van der Waals surface area contributed by atoms with Crippen molar-refractivity contribution in [3.63, 3.8) is 0 Å². The maximum atomic E-state index is 13.0. The fraction of sp³-hybridized carbons (Fsp3) is 0.412. The van der Waals surface area contributed by atoms with Crippen LogP contribution in [0, 0.1) is 0 Å². The van der Waals surface area contributed by atoms with Crippen LogP contribution in [0.3, 0.4) is 0 Å². The first kappa shape index (κ1) is 19.9. The summed E-state index contributed by atoms with van der Waals surface area (Å²) in [7, 11) is 1.25. The average molecular weight is 421 g/mol. The van der Waals surface area contributed by atoms with E-state index in [4.69, 9.17) is 16.3 Å². The van der Waals surface area contributed by atoms with Crippen LogP contribution in [-0.2, 0) is 15.7 Å². The van der Waals surface area contributed by atoms with Crippen LogP contribution >= 0.6 is 22.9 Å². The molecule has 0 N–H and O–H groups in total. The second-order valence-electron chi connectivity index (χ2n) is 6.05. The quantitative estimate of drug-likeness (QED) is 0.681. The number of ether oxygens (including phenoxy) is 2. The number of morpholine rings is 1. The summed E-state index contributed by atoms with van der Waals surface area (Å²) in [5.74, 6) is -0.584. The monoisotopic (exact) mass is 420 g/mol. The Labute approximate surface area is 162 Å². The molecule has 1 fully saturated rings. The second-order valence-corrected chi connectivity index (χ2v) is 7.39. The lowest BCUT2D eigenvalue weighted by Gasteiger charge is -2.38. The maximum Gasteiger partial charge on any atom is 0.416 e. The van der Waals surface area contributed by atoms with Gasteiger partial charge in [-0.2, -0.15) is 13.2 Å². The molecule has 1 saturated heterocycles. The van der Waals surface area contributed by atoms with E-state index < -0.39 is 23.8 Å². The molecule has 0 aliphatic carbocycles. The standard InChI is InChI=1S/C17H16ClF3N2O3S/c1-9-8-26-12(10-4-3-5-11(6-10)17(19,20)21)7-23(9)16-22-14(18)13(27-16)15(24)25-2/h3-6,9,12H,7-8H2,1-2H3. The minimum atomic E-state index is -4.42. The summed E-state index contributed by atoms with van der Waals surface area (Å²) >= 11 is 7.11. The van der Waals surface area contributed by atoms with Crippen molar-refractivity contribution in [2.45, 2.75) is 25.2 Å². The predicted octanol–water partition coefficient (Wildman–Crippen LogP) is 4.57. The molecule has 2 heterocycles. The van der Waals surface area contributed by atoms with Gasteiger partial charge < -0.3 is 14.4 Å². The van der Waals surface area contributed by atoms with Gasteiger partial charge in [-0.05, 0) is 24.6 Å². The normalized spacial score (nSPS) is 20.6. The summed E-state index contributed by atoms with van der Waals surface area (Å²) < 4.78 is 49.4. The van der Waals surface area contributed by atoms with Crippen molar-refractivity contribution in [3.05, 3.63) is 45.4 Å². The van der Waals surface area contributed by atoms with Crippen molar-refractivity contribution < 1.29 is 27.4 Å². The molecule has 0 radical (unpaired) electrons. The van der Waals surface area contributed by atoms with Crippen molar-refractivity contribution in [2.24, 2.45) is 0 Å². The number of thiazole rings is 1. The number of hydrogen-bond donors (Lipinski definition) is 0. The number of carbonyl (C=O) groups excluding carboxylic acids is 1. The van der Waals surface area contributed by atoms with Crippen LogP contribution in [0.15, 0.2) is 24.3 Å². The van der Waals surface area contributed by atoms with Crippen molar-refractivity contribution in [3.8, 4) is 0 Å². The van der Waals surface area contributed by atoms with Crippen molar-refractivity contribution >= 4 is 34.0 Å². The molecule has 1 aliphatic rings. The zero-order chi connectivity index (χ0) is 19.8. The first-order valence-electron chi connectivity index (χ1n) is 8.00. The lowest BCUT2D eigenvalue weighted by atomic mass is 10.0. The molecule has 146 valence electrons. The number of esters is 1. The first-order valence-corrected chi connectivity index (χ1v) is 9.20. The van der Waals surface area contributed by atoms with Gasteiger partial charge in [-0.25, -0.2) is 9.78 Å². The van der Waals surface area contributed by atoms with Crippen LogP contribution in [0.1, 0.15) is 33.8 Å². The fourth-order valence-electron chi connectivity index (χ4n) is 2.77. The number of hydrogen-bond acceptors (Lipinski definition) is 6. The van der Waals surface area contributed by atoms with Gasteiger partial charge in [0.2, 0.25) is 0 Å². The Hall–Kier alpha value is -1.84. The molecule has 27 heavy (non-hydrogen) atoms. The Morgan fingerprint density at radius 2 is 2.19 bits per heavy atom. The van der Waals surface area contributed by atoms with Gasteiger partial charge in [0.25, 0.3) is 0 Å². The third kappa shape index (κ3) is 4.20. The summed E-state index contributed by atoms with van der Waals surface area (Å²) in [6.07, 6.45) is -4.98. The molecule has 0 bridgehead atoms. The Morgan fingerprint density at radius 3 is 2.85 bits per heavy atom. The number of rotatable bonds is 3. The molecule has 1 aliphatic heterocycles. The third-order valence-electron chi connectivity index (χ3n) is 4.21. The minimum Gasteiger partial charge on any atom is -0.465 e. The van der Waals surface area contributed by atoms with E-state index in [1.165, 1.54) is 13.2 Å². The van der Waals surface area contributed by atoms with Crippen LogP contribution in [0.25, 0.3) is 0 Å². The first-order chi connectivity index (χ1) is 12.7. The highest BCUT2D eigenvalue weighted by Crippen LogP contribution is 2.36. The number of halogens is 4. The molecule has 2 unspecified atom stereocenters. The SMILES string of the molecule is COC(=O)c1sc(N2CC(c3cccc(C(F)(F)F)c3)OCC2C)nc1Cl. The predicted molar refractivity (Wildman–Crippen MR) is 95.4 cm³/mol. The van der Waals surface area contributed by atoms with E-state index in [-0.39, 0.29) is 22.6 Å². The molecular weight excluding hydrogens is 405 g/mol. The van der Waals surface area contributed by atoms with Gasteiger partial charge in [0.05, 0.1) is 31.9 Å². The van der Waals surface area contributed by atoms with Gasteiger partial charge in [-0.15, -0.1) is 0 Å². The topological polar surface area (TPSA) is 51.7 Å². The highest BCUT2D eigenvalue weighted by molar-refractivity contribution is 7.18. The number of benzene rings is 1. The van der Waals surface area contributed by atoms with E-state index in [2.05, 4.69) is 9.72 Å². The summed E-state index contributed by atoms with van der Waals surface area (Å²) in [5.41, 5.74) is -0.295. The third-order valence-corrected chi connectivity index (χ3v) is 5.67. The van der Waals surface area contributed by atoms with Gasteiger partial charge in [-0.3, -0.25) is 0 Å². The van der Waals surface area contributed by atoms with Crippen LogP contribution in [-0.4, -0.2) is 37.3 Å². The number of nitrogens with zero attached hydrogens (tertiary/aromatic N) is 2. The highest BCUT2D eigenvalue weighted by Gasteiger charge is 2.34. The van der Waals surface area contributed by atoms with Crippen LogP contribution in [0.4, 0.5) is 18.3 Å². The highest BCUT2D eigenvalue weighted by atomic mass is 35.5. The number of aromatic nitrogens is 1. The molecular formula is C17H16ClF3N2O3S. The van der Waals surface area contributed by atoms with Gasteiger partial charge in [-0.1, -0.05) is 35.1 Å². The molecule has 1 aromatic heterocycles. The smallest absolute Gasteiger partial charge is 0.416 e. The minimum absolute atomic E-state index is 0.0381. The summed E-state index contributed by atoms with van der Waals surface area (Å²) in [4.78, 5) is 18.0. The Balaban J connectivity index is 1.86. The van der Waals surface area contributed by atoms with Crippen molar-refractivity contribution in [1.29, 1.82) is 0 Å². The molecule has 0 amide bonds. The number of carbonyl (C=O) groups is 1. The van der Waals surface area contributed by atoms with E-state index in [0.29, 0.717) is 17.3 Å². The average Bonchev–Trinajstić information content (AvgIpc) is 3.02. The largest absolute Gasteiger partial charge is 0.465 e. The van der Waals surface area contributed by atoms with E-state index in [9.17, 15) is 18.0 Å². The Kier molecular flexibility index (Phi) is 5.64. The van der Waals surface area contributed by atoms with Gasteiger partial charge >= 0.3 is 12.1 Å². The molecule has 2 aromatic rings. The molecule has 2 atom stereocenters. The second kappa shape index (κ2) is 7.65. The molecule has 0 spiro atoms. The number of alkyl halides is 3. The van der Waals surface area contributed by atoms with E-state index >= 15 is 0 Å². The van der Waals surface area contributed by atoms with Crippen molar-refractivity contribution in [1.82, 2.24) is 4.98 Å². The lowest BCUT2D eigenvalue weighted by Crippen LogP contribution is -2.45. The summed E-state index contributed by atoms with van der Waals surface area (Å²) in [5, 5.41) is 0.532. The zero-order valence-electron chi connectivity index (χ0n) is 14.4. The zero-order valence-corrected chi connectivity index (χ0v) is 16.0. The van der Waals surface area contributed by atoms with Crippen LogP contribution in [0.5, 0.6) is 0 Å².